The van der Waals surface area contributed by atoms with Crippen LogP contribution in [0.25, 0.3) is 0 Å². The summed E-state index contributed by atoms with van der Waals surface area (Å²) >= 11 is 7.11. The number of aryl methyl sites for hydroxylation is 1. The highest BCUT2D eigenvalue weighted by atomic mass is 35.5. The summed E-state index contributed by atoms with van der Waals surface area (Å²) in [5.41, 5.74) is 0.725. The van der Waals surface area contributed by atoms with E-state index in [9.17, 15) is 22.8 Å². The Morgan fingerprint density at radius 1 is 1.12 bits per heavy atom. The van der Waals surface area contributed by atoms with Gasteiger partial charge >= 0.3 is 12.1 Å². The average molecular weight is 487 g/mol. The number of nitrogens with one attached hydrogen (secondary N) is 1. The van der Waals surface area contributed by atoms with Gasteiger partial charge in [0.1, 0.15) is 6.04 Å². The minimum absolute atomic E-state index is 0.0843. The second-order valence-electron chi connectivity index (χ2n) is 8.07. The Hall–Kier alpha value is -2.06. The molecule has 2 amide bonds. The van der Waals surface area contributed by atoms with E-state index in [4.69, 9.17) is 11.6 Å². The SMILES string of the molecule is Cc1ccc(C(C(=O)NC2CCCCC2)N(CCc2ccc(Cl)cc2)C(=O)C(F)(F)F)s1. The number of hydrogen-bond acceptors (Lipinski definition) is 3. The summed E-state index contributed by atoms with van der Waals surface area (Å²) in [6.45, 7) is 1.56. The normalized spacial score (nSPS) is 15.9. The van der Waals surface area contributed by atoms with Gasteiger partial charge in [-0.25, -0.2) is 0 Å². The molecule has 1 heterocycles. The lowest BCUT2D eigenvalue weighted by atomic mass is 9.95. The summed E-state index contributed by atoms with van der Waals surface area (Å²) in [6, 6.07) is 8.64. The zero-order valence-electron chi connectivity index (χ0n) is 17.8. The molecule has 0 aliphatic heterocycles. The van der Waals surface area contributed by atoms with Crippen molar-refractivity contribution in [3.63, 3.8) is 0 Å². The zero-order valence-corrected chi connectivity index (χ0v) is 19.3. The van der Waals surface area contributed by atoms with Crippen LogP contribution in [-0.4, -0.2) is 35.5 Å². The van der Waals surface area contributed by atoms with Crippen molar-refractivity contribution in [3.8, 4) is 0 Å². The van der Waals surface area contributed by atoms with Gasteiger partial charge in [0.2, 0.25) is 5.91 Å². The van der Waals surface area contributed by atoms with E-state index >= 15 is 0 Å². The van der Waals surface area contributed by atoms with Crippen LogP contribution in [0.3, 0.4) is 0 Å². The van der Waals surface area contributed by atoms with E-state index in [1.54, 1.807) is 36.4 Å². The van der Waals surface area contributed by atoms with Crippen LogP contribution >= 0.6 is 22.9 Å². The molecule has 1 unspecified atom stereocenters. The summed E-state index contributed by atoms with van der Waals surface area (Å²) in [7, 11) is 0. The Labute approximate surface area is 194 Å². The van der Waals surface area contributed by atoms with Crippen LogP contribution in [0, 0.1) is 6.92 Å². The number of benzene rings is 1. The van der Waals surface area contributed by atoms with E-state index in [0.717, 1.165) is 42.5 Å². The molecule has 9 heteroatoms. The lowest BCUT2D eigenvalue weighted by Crippen LogP contribution is -2.50. The molecule has 1 aromatic carbocycles. The van der Waals surface area contributed by atoms with Crippen LogP contribution < -0.4 is 5.32 Å². The van der Waals surface area contributed by atoms with Gasteiger partial charge < -0.3 is 10.2 Å². The molecule has 0 spiro atoms. The first-order chi connectivity index (χ1) is 15.1. The van der Waals surface area contributed by atoms with E-state index < -0.39 is 24.0 Å². The average Bonchev–Trinajstić information content (AvgIpc) is 3.17. The highest BCUT2D eigenvalue weighted by Crippen LogP contribution is 2.32. The van der Waals surface area contributed by atoms with Gasteiger partial charge in [-0.15, -0.1) is 11.3 Å². The van der Waals surface area contributed by atoms with Crippen molar-refractivity contribution in [3.05, 3.63) is 56.7 Å². The molecule has 1 saturated carbocycles. The minimum Gasteiger partial charge on any atom is -0.351 e. The summed E-state index contributed by atoms with van der Waals surface area (Å²) < 4.78 is 40.6. The summed E-state index contributed by atoms with van der Waals surface area (Å²) in [4.78, 5) is 27.7. The molecule has 1 aromatic heterocycles. The topological polar surface area (TPSA) is 49.4 Å². The number of hydrogen-bond donors (Lipinski definition) is 1. The molecule has 4 nitrogen and oxygen atoms in total. The molecule has 174 valence electrons. The van der Waals surface area contributed by atoms with Crippen LogP contribution in [0.4, 0.5) is 13.2 Å². The largest absolute Gasteiger partial charge is 0.471 e. The molecule has 0 bridgehead atoms. The van der Waals surface area contributed by atoms with Gasteiger partial charge in [0.05, 0.1) is 0 Å². The number of halogens is 4. The van der Waals surface area contributed by atoms with Gasteiger partial charge in [0.25, 0.3) is 0 Å². The van der Waals surface area contributed by atoms with Crippen LogP contribution in [0.2, 0.25) is 5.02 Å². The Morgan fingerprint density at radius 2 is 1.78 bits per heavy atom. The van der Waals surface area contributed by atoms with Gasteiger partial charge in [-0.3, -0.25) is 9.59 Å². The second-order valence-corrected chi connectivity index (χ2v) is 9.82. The number of thiophene rings is 1. The number of nitrogens with zero attached hydrogens (tertiary/aromatic N) is 1. The third-order valence-corrected chi connectivity index (χ3v) is 6.91. The second kappa shape index (κ2) is 10.7. The number of amides is 2. The molecule has 1 fully saturated rings. The summed E-state index contributed by atoms with van der Waals surface area (Å²) in [5.74, 6) is -2.58. The molecule has 1 aliphatic rings. The van der Waals surface area contributed by atoms with Gasteiger partial charge in [-0.2, -0.15) is 13.2 Å². The Morgan fingerprint density at radius 3 is 2.34 bits per heavy atom. The minimum atomic E-state index is -5.09. The smallest absolute Gasteiger partial charge is 0.351 e. The van der Waals surface area contributed by atoms with Crippen molar-refractivity contribution >= 4 is 34.8 Å². The van der Waals surface area contributed by atoms with Crippen LogP contribution in [0.5, 0.6) is 0 Å². The highest BCUT2D eigenvalue weighted by molar-refractivity contribution is 7.12. The van der Waals surface area contributed by atoms with Crippen molar-refractivity contribution < 1.29 is 22.8 Å². The molecule has 32 heavy (non-hydrogen) atoms. The number of rotatable bonds is 7. The molecule has 1 atom stereocenters. The predicted molar refractivity (Wildman–Crippen MR) is 120 cm³/mol. The van der Waals surface area contributed by atoms with E-state index in [2.05, 4.69) is 5.32 Å². The molecule has 0 radical (unpaired) electrons. The van der Waals surface area contributed by atoms with Crippen molar-refractivity contribution in [2.24, 2.45) is 0 Å². The molecule has 2 aromatic rings. The summed E-state index contributed by atoms with van der Waals surface area (Å²) in [5, 5.41) is 3.42. The fourth-order valence-electron chi connectivity index (χ4n) is 3.96. The van der Waals surface area contributed by atoms with Crippen molar-refractivity contribution in [1.82, 2.24) is 10.2 Å². The molecule has 0 saturated heterocycles. The quantitative estimate of drug-likeness (QED) is 0.535. The third-order valence-electron chi connectivity index (χ3n) is 5.60. The number of alkyl halides is 3. The highest BCUT2D eigenvalue weighted by Gasteiger charge is 2.47. The maximum Gasteiger partial charge on any atom is 0.471 e. The lowest BCUT2D eigenvalue weighted by molar-refractivity contribution is -0.188. The molecule has 3 rings (SSSR count). The van der Waals surface area contributed by atoms with E-state index in [0.29, 0.717) is 14.8 Å². The fourth-order valence-corrected chi connectivity index (χ4v) is 5.08. The zero-order chi connectivity index (χ0) is 23.3. The van der Waals surface area contributed by atoms with Crippen LogP contribution in [0.15, 0.2) is 36.4 Å². The molecule has 1 N–H and O–H groups in total. The van der Waals surface area contributed by atoms with Gasteiger partial charge in [-0.1, -0.05) is 43.0 Å². The van der Waals surface area contributed by atoms with Crippen molar-refractivity contribution in [2.45, 2.75) is 63.7 Å². The first-order valence-electron chi connectivity index (χ1n) is 10.6. The van der Waals surface area contributed by atoms with Gasteiger partial charge in [0, 0.05) is 27.4 Å². The molecular weight excluding hydrogens is 461 g/mol. The standard InChI is InChI=1S/C23H26ClF3N2O2S/c1-15-7-12-19(32-15)20(21(30)28-18-5-3-2-4-6-18)29(22(31)23(25,26)27)14-13-16-8-10-17(24)11-9-16/h7-12,18,20H,2-6,13-14H2,1H3,(H,28,30). The first kappa shape index (κ1) is 24.6. The fraction of sp³-hybridized carbons (Fsp3) is 0.478. The van der Waals surface area contributed by atoms with Crippen molar-refractivity contribution in [1.29, 1.82) is 0 Å². The first-order valence-corrected chi connectivity index (χ1v) is 11.8. The van der Waals surface area contributed by atoms with Crippen molar-refractivity contribution in [2.75, 3.05) is 6.54 Å². The maximum absolute atomic E-state index is 13.5. The van der Waals surface area contributed by atoms with Gasteiger partial charge in [-0.05, 0) is 56.0 Å². The summed E-state index contributed by atoms with van der Waals surface area (Å²) in [6.07, 6.45) is -0.323. The van der Waals surface area contributed by atoms with Crippen LogP contribution in [-0.2, 0) is 16.0 Å². The number of carbonyl (C=O) groups excluding carboxylic acids is 2. The van der Waals surface area contributed by atoms with E-state index in [-0.39, 0.29) is 19.0 Å². The van der Waals surface area contributed by atoms with Crippen LogP contribution in [0.1, 0.15) is 53.5 Å². The Bertz CT molecular complexity index is 924. The Balaban J connectivity index is 1.90. The molecular formula is C23H26ClF3N2O2S. The lowest BCUT2D eigenvalue weighted by Gasteiger charge is -2.33. The Kier molecular flexibility index (Phi) is 8.22. The monoisotopic (exact) mass is 486 g/mol. The third kappa shape index (κ3) is 6.48. The maximum atomic E-state index is 13.5. The van der Waals surface area contributed by atoms with Gasteiger partial charge in [0.15, 0.2) is 0 Å². The molecule has 1 aliphatic carbocycles. The predicted octanol–water partition coefficient (Wildman–Crippen LogP) is 5.83. The van der Waals surface area contributed by atoms with E-state index in [1.165, 1.54) is 11.3 Å². The van der Waals surface area contributed by atoms with E-state index in [1.807, 2.05) is 6.92 Å². The number of carbonyl (C=O) groups is 2.